The molecule has 1 aromatic heterocycles. The van der Waals surface area contributed by atoms with Crippen molar-refractivity contribution in [3.63, 3.8) is 0 Å². The van der Waals surface area contributed by atoms with Gasteiger partial charge < -0.3 is 10.5 Å². The van der Waals surface area contributed by atoms with Gasteiger partial charge in [-0.15, -0.1) is 11.3 Å². The Labute approximate surface area is 114 Å². The number of nitrogens with two attached hydrogens (primary N) is 1. The molecule has 0 aliphatic carbocycles. The quantitative estimate of drug-likeness (QED) is 0.891. The molecule has 1 aromatic rings. The molecule has 0 spiro atoms. The second-order valence-electron chi connectivity index (χ2n) is 5.36. The predicted octanol–water partition coefficient (Wildman–Crippen LogP) is 2.41. The lowest BCUT2D eigenvalue weighted by Crippen LogP contribution is -2.38. The molecule has 3 nitrogen and oxygen atoms in total. The fourth-order valence-corrected chi connectivity index (χ4v) is 4.00. The van der Waals surface area contributed by atoms with Gasteiger partial charge in [0.1, 0.15) is 0 Å². The number of rotatable bonds is 5. The number of likely N-dealkylation sites (tertiary alicyclic amines) is 1. The molecule has 0 saturated carbocycles. The predicted molar refractivity (Wildman–Crippen MR) is 77.0 cm³/mol. The zero-order valence-electron chi connectivity index (χ0n) is 11.6. The van der Waals surface area contributed by atoms with Crippen LogP contribution >= 0.6 is 11.3 Å². The molecule has 4 heteroatoms. The molecule has 1 aliphatic heterocycles. The zero-order chi connectivity index (χ0) is 13.1. The lowest BCUT2D eigenvalue weighted by Gasteiger charge is -2.30. The van der Waals surface area contributed by atoms with Crippen molar-refractivity contribution in [1.29, 1.82) is 0 Å². The van der Waals surface area contributed by atoms with Crippen molar-refractivity contribution < 1.29 is 4.74 Å². The van der Waals surface area contributed by atoms with Crippen LogP contribution in [0.5, 0.6) is 0 Å². The summed E-state index contributed by atoms with van der Waals surface area (Å²) < 4.78 is 5.27. The second kappa shape index (κ2) is 6.15. The number of thiophene rings is 1. The summed E-state index contributed by atoms with van der Waals surface area (Å²) in [6, 6.07) is 4.96. The highest BCUT2D eigenvalue weighted by molar-refractivity contribution is 7.12. The van der Waals surface area contributed by atoms with Crippen LogP contribution in [0.4, 0.5) is 0 Å². The molecule has 0 amide bonds. The van der Waals surface area contributed by atoms with Crippen LogP contribution in [-0.2, 0) is 4.74 Å². The maximum Gasteiger partial charge on any atom is 0.0590 e. The Morgan fingerprint density at radius 3 is 2.89 bits per heavy atom. The monoisotopic (exact) mass is 268 g/mol. The normalized spacial score (nSPS) is 24.3. The van der Waals surface area contributed by atoms with Gasteiger partial charge in [0, 0.05) is 29.5 Å². The van der Waals surface area contributed by atoms with Crippen LogP contribution < -0.4 is 5.73 Å². The summed E-state index contributed by atoms with van der Waals surface area (Å²) in [6.45, 7) is 7.38. The van der Waals surface area contributed by atoms with E-state index in [9.17, 15) is 0 Å². The van der Waals surface area contributed by atoms with Gasteiger partial charge in [-0.3, -0.25) is 4.90 Å². The van der Waals surface area contributed by atoms with Crippen LogP contribution in [0.1, 0.15) is 29.1 Å². The third-order valence-corrected chi connectivity index (χ3v) is 4.74. The number of aryl methyl sites for hydroxylation is 1. The summed E-state index contributed by atoms with van der Waals surface area (Å²) >= 11 is 1.87. The smallest absolute Gasteiger partial charge is 0.0590 e. The lowest BCUT2D eigenvalue weighted by atomic mass is 10.1. The average molecular weight is 268 g/mol. The maximum absolute atomic E-state index is 6.21. The van der Waals surface area contributed by atoms with Crippen molar-refractivity contribution in [2.75, 3.05) is 26.8 Å². The minimum atomic E-state index is 0.171. The molecule has 1 aliphatic rings. The van der Waals surface area contributed by atoms with Gasteiger partial charge in [-0.1, -0.05) is 0 Å². The minimum Gasteiger partial charge on any atom is -0.384 e. The molecule has 0 radical (unpaired) electrons. The van der Waals surface area contributed by atoms with Gasteiger partial charge in [0.15, 0.2) is 0 Å². The van der Waals surface area contributed by atoms with E-state index in [0.717, 1.165) is 19.7 Å². The molecule has 18 heavy (non-hydrogen) atoms. The summed E-state index contributed by atoms with van der Waals surface area (Å²) in [5.74, 6) is 0.664. The van der Waals surface area contributed by atoms with E-state index in [1.54, 1.807) is 7.11 Å². The van der Waals surface area contributed by atoms with Crippen molar-refractivity contribution in [2.24, 2.45) is 11.7 Å². The first-order valence-corrected chi connectivity index (χ1v) is 7.48. The molecule has 1 fully saturated rings. The van der Waals surface area contributed by atoms with E-state index in [2.05, 4.69) is 30.9 Å². The topological polar surface area (TPSA) is 38.5 Å². The van der Waals surface area contributed by atoms with Crippen LogP contribution in [0.3, 0.4) is 0 Å². The van der Waals surface area contributed by atoms with Crippen molar-refractivity contribution >= 4 is 11.3 Å². The van der Waals surface area contributed by atoms with Crippen LogP contribution in [0.15, 0.2) is 12.1 Å². The summed E-state index contributed by atoms with van der Waals surface area (Å²) in [7, 11) is 1.79. The number of nitrogens with zero attached hydrogens (tertiary/aromatic N) is 1. The summed E-state index contributed by atoms with van der Waals surface area (Å²) in [4.78, 5) is 5.29. The number of methoxy groups -OCH3 is 1. The lowest BCUT2D eigenvalue weighted by molar-refractivity contribution is 0.144. The molecule has 2 rings (SSSR count). The van der Waals surface area contributed by atoms with E-state index < -0.39 is 0 Å². The van der Waals surface area contributed by atoms with E-state index in [4.69, 9.17) is 10.5 Å². The van der Waals surface area contributed by atoms with Crippen LogP contribution in [0.25, 0.3) is 0 Å². The first-order valence-electron chi connectivity index (χ1n) is 6.66. The molecule has 3 atom stereocenters. The van der Waals surface area contributed by atoms with Crippen molar-refractivity contribution in [3.8, 4) is 0 Å². The number of hydrogen-bond acceptors (Lipinski definition) is 4. The van der Waals surface area contributed by atoms with Crippen molar-refractivity contribution in [2.45, 2.75) is 32.4 Å². The van der Waals surface area contributed by atoms with Gasteiger partial charge in [-0.25, -0.2) is 0 Å². The van der Waals surface area contributed by atoms with E-state index in [1.165, 1.54) is 16.2 Å². The average Bonchev–Trinajstić information content (AvgIpc) is 2.90. The Morgan fingerprint density at radius 1 is 1.56 bits per heavy atom. The molecule has 102 valence electrons. The van der Waals surface area contributed by atoms with E-state index in [0.29, 0.717) is 12.0 Å². The highest BCUT2D eigenvalue weighted by Gasteiger charge is 2.31. The fraction of sp³-hybridized carbons (Fsp3) is 0.714. The SMILES string of the molecule is COCC1CCN(C(c2ccc(C)s2)C(C)N)C1. The summed E-state index contributed by atoms with van der Waals surface area (Å²) in [5, 5.41) is 0. The van der Waals surface area contributed by atoms with Crippen LogP contribution in [-0.4, -0.2) is 37.7 Å². The zero-order valence-corrected chi connectivity index (χ0v) is 12.4. The van der Waals surface area contributed by atoms with E-state index in [1.807, 2.05) is 11.3 Å². The Hall–Kier alpha value is -0.420. The maximum atomic E-state index is 6.21. The van der Waals surface area contributed by atoms with Gasteiger partial charge in [0.25, 0.3) is 0 Å². The summed E-state index contributed by atoms with van der Waals surface area (Å²) in [6.07, 6.45) is 1.22. The van der Waals surface area contributed by atoms with Gasteiger partial charge in [-0.05, 0) is 44.9 Å². The molecular formula is C14H24N2OS. The summed E-state index contributed by atoms with van der Waals surface area (Å²) in [5.41, 5.74) is 6.21. The van der Waals surface area contributed by atoms with Gasteiger partial charge >= 0.3 is 0 Å². The highest BCUT2D eigenvalue weighted by Crippen LogP contribution is 2.33. The largest absolute Gasteiger partial charge is 0.384 e. The minimum absolute atomic E-state index is 0.171. The molecule has 0 bridgehead atoms. The van der Waals surface area contributed by atoms with E-state index >= 15 is 0 Å². The molecule has 3 unspecified atom stereocenters. The molecule has 2 N–H and O–H groups in total. The van der Waals surface area contributed by atoms with Crippen LogP contribution in [0, 0.1) is 12.8 Å². The van der Waals surface area contributed by atoms with E-state index in [-0.39, 0.29) is 6.04 Å². The van der Waals surface area contributed by atoms with Crippen molar-refractivity contribution in [3.05, 3.63) is 21.9 Å². The molecular weight excluding hydrogens is 244 g/mol. The van der Waals surface area contributed by atoms with Crippen LogP contribution in [0.2, 0.25) is 0 Å². The number of ether oxygens (including phenoxy) is 1. The Morgan fingerprint density at radius 2 is 2.33 bits per heavy atom. The number of hydrogen-bond donors (Lipinski definition) is 1. The van der Waals surface area contributed by atoms with Crippen molar-refractivity contribution in [1.82, 2.24) is 4.90 Å². The molecule has 1 saturated heterocycles. The first kappa shape index (κ1) is 14.0. The first-order chi connectivity index (χ1) is 8.61. The highest BCUT2D eigenvalue weighted by atomic mass is 32.1. The second-order valence-corrected chi connectivity index (χ2v) is 6.68. The third kappa shape index (κ3) is 3.12. The molecule has 0 aromatic carbocycles. The van der Waals surface area contributed by atoms with Gasteiger partial charge in [-0.2, -0.15) is 0 Å². The Bertz CT molecular complexity index is 378. The molecule has 2 heterocycles. The van der Waals surface area contributed by atoms with Gasteiger partial charge in [0.2, 0.25) is 0 Å². The standard InChI is InChI=1S/C14H24N2OS/c1-10-4-5-13(18-10)14(11(2)15)16-7-6-12(8-16)9-17-3/h4-5,11-12,14H,6-9,15H2,1-3H3. The fourth-order valence-electron chi connectivity index (χ4n) is 2.87. The third-order valence-electron chi connectivity index (χ3n) is 3.66. The Kier molecular flexibility index (Phi) is 4.78. The van der Waals surface area contributed by atoms with Gasteiger partial charge in [0.05, 0.1) is 12.6 Å². The Balaban J connectivity index is 2.07.